The fraction of sp³-hybridized carbons (Fsp3) is 0.323. The lowest BCUT2D eigenvalue weighted by molar-refractivity contribution is -0.132. The molecular weight excluding hydrogens is 448 g/mol. The molecule has 1 aliphatic rings. The minimum atomic E-state index is -0.0875. The van der Waals surface area contributed by atoms with Gasteiger partial charge in [-0.15, -0.1) is 0 Å². The van der Waals surface area contributed by atoms with Gasteiger partial charge < -0.3 is 19.4 Å². The third-order valence-electron chi connectivity index (χ3n) is 7.52. The van der Waals surface area contributed by atoms with E-state index in [1.165, 1.54) is 5.56 Å². The van der Waals surface area contributed by atoms with E-state index in [2.05, 4.69) is 52.3 Å². The number of amides is 1. The Bertz CT molecular complexity index is 1310. The largest absolute Gasteiger partial charge is 0.493 e. The van der Waals surface area contributed by atoms with Gasteiger partial charge in [0.25, 0.3) is 0 Å². The number of rotatable bonds is 8. The van der Waals surface area contributed by atoms with Crippen molar-refractivity contribution in [2.75, 3.05) is 27.3 Å². The summed E-state index contributed by atoms with van der Waals surface area (Å²) in [5.41, 5.74) is 4.64. The van der Waals surface area contributed by atoms with E-state index in [-0.39, 0.29) is 11.8 Å². The van der Waals surface area contributed by atoms with E-state index >= 15 is 0 Å². The SMILES string of the molecule is COc1ccc([C@H](CC(=O)N2CCC(Cc3ccccc3)CC2)c2c[nH]c3ccccc23)cc1OC. The number of fused-ring (bicyclic) bond motifs is 1. The van der Waals surface area contributed by atoms with Crippen molar-refractivity contribution in [1.82, 2.24) is 9.88 Å². The van der Waals surface area contributed by atoms with Crippen molar-refractivity contribution in [3.63, 3.8) is 0 Å². The summed E-state index contributed by atoms with van der Waals surface area (Å²) in [5.74, 6) is 2.11. The van der Waals surface area contributed by atoms with Gasteiger partial charge in [0.1, 0.15) is 0 Å². The van der Waals surface area contributed by atoms with Gasteiger partial charge in [0, 0.05) is 42.5 Å². The first-order valence-electron chi connectivity index (χ1n) is 12.8. The second-order valence-electron chi connectivity index (χ2n) is 9.67. The highest BCUT2D eigenvalue weighted by molar-refractivity contribution is 5.86. The molecule has 1 atom stereocenters. The van der Waals surface area contributed by atoms with E-state index < -0.39 is 0 Å². The molecule has 5 nitrogen and oxygen atoms in total. The van der Waals surface area contributed by atoms with Crippen molar-refractivity contribution >= 4 is 16.8 Å². The van der Waals surface area contributed by atoms with Gasteiger partial charge in [-0.25, -0.2) is 0 Å². The Hall–Kier alpha value is -3.73. The molecule has 0 bridgehead atoms. The molecule has 5 heteroatoms. The summed E-state index contributed by atoms with van der Waals surface area (Å²) < 4.78 is 11.0. The minimum absolute atomic E-state index is 0.0875. The van der Waals surface area contributed by atoms with Crippen LogP contribution in [0, 0.1) is 5.92 Å². The number of likely N-dealkylation sites (tertiary alicyclic amines) is 1. The molecule has 1 aliphatic heterocycles. The van der Waals surface area contributed by atoms with E-state index in [1.54, 1.807) is 14.2 Å². The molecule has 4 aromatic rings. The van der Waals surface area contributed by atoms with Crippen molar-refractivity contribution in [3.8, 4) is 11.5 Å². The normalized spacial score (nSPS) is 15.1. The molecule has 2 heterocycles. The fourth-order valence-corrected chi connectivity index (χ4v) is 5.50. The zero-order chi connectivity index (χ0) is 24.9. The van der Waals surface area contributed by atoms with Crippen molar-refractivity contribution in [3.05, 3.63) is 95.7 Å². The number of aromatic nitrogens is 1. The number of piperidine rings is 1. The Kier molecular flexibility index (Phi) is 7.26. The molecule has 1 aromatic heterocycles. The van der Waals surface area contributed by atoms with Gasteiger partial charge >= 0.3 is 0 Å². The Morgan fingerprint density at radius 1 is 0.944 bits per heavy atom. The van der Waals surface area contributed by atoms with Gasteiger partial charge in [-0.2, -0.15) is 0 Å². The van der Waals surface area contributed by atoms with E-state index in [1.807, 2.05) is 36.5 Å². The van der Waals surface area contributed by atoms with Crippen LogP contribution in [0.1, 0.15) is 41.9 Å². The first-order valence-corrected chi connectivity index (χ1v) is 12.8. The van der Waals surface area contributed by atoms with Crippen LogP contribution >= 0.6 is 0 Å². The predicted octanol–water partition coefficient (Wildman–Crippen LogP) is 6.19. The third-order valence-corrected chi connectivity index (χ3v) is 7.52. The summed E-state index contributed by atoms with van der Waals surface area (Å²) >= 11 is 0. The summed E-state index contributed by atoms with van der Waals surface area (Å²) in [6.07, 6.45) is 5.65. The van der Waals surface area contributed by atoms with Gasteiger partial charge in [0.05, 0.1) is 14.2 Å². The number of benzene rings is 3. The maximum absolute atomic E-state index is 13.6. The molecule has 1 N–H and O–H groups in total. The Morgan fingerprint density at radius 3 is 2.42 bits per heavy atom. The van der Waals surface area contributed by atoms with Crippen LogP contribution in [0.4, 0.5) is 0 Å². The van der Waals surface area contributed by atoms with Crippen LogP contribution in [-0.4, -0.2) is 43.1 Å². The Labute approximate surface area is 213 Å². The fourth-order valence-electron chi connectivity index (χ4n) is 5.50. The molecule has 0 aliphatic carbocycles. The first-order chi connectivity index (χ1) is 17.7. The molecule has 1 saturated heterocycles. The number of carbonyl (C=O) groups excluding carboxylic acids is 1. The molecule has 0 spiro atoms. The zero-order valence-corrected chi connectivity index (χ0v) is 21.1. The van der Waals surface area contributed by atoms with Gasteiger partial charge in [-0.1, -0.05) is 54.6 Å². The van der Waals surface area contributed by atoms with E-state index in [4.69, 9.17) is 9.47 Å². The lowest BCUT2D eigenvalue weighted by Gasteiger charge is -2.33. The number of para-hydroxylation sites is 1. The predicted molar refractivity (Wildman–Crippen MR) is 144 cm³/mol. The lowest BCUT2D eigenvalue weighted by atomic mass is 9.86. The smallest absolute Gasteiger partial charge is 0.223 e. The Balaban J connectivity index is 1.36. The molecule has 0 saturated carbocycles. The lowest BCUT2D eigenvalue weighted by Crippen LogP contribution is -2.39. The quantitative estimate of drug-likeness (QED) is 0.326. The molecule has 5 rings (SSSR count). The van der Waals surface area contributed by atoms with Crippen LogP contribution in [-0.2, 0) is 11.2 Å². The van der Waals surface area contributed by atoms with Gasteiger partial charge in [-0.3, -0.25) is 4.79 Å². The molecule has 3 aromatic carbocycles. The number of aromatic amines is 1. The minimum Gasteiger partial charge on any atom is -0.493 e. The average Bonchev–Trinajstić information content (AvgIpc) is 3.36. The maximum atomic E-state index is 13.6. The Morgan fingerprint density at radius 2 is 1.67 bits per heavy atom. The highest BCUT2D eigenvalue weighted by Gasteiger charge is 2.28. The van der Waals surface area contributed by atoms with Crippen LogP contribution in [0.5, 0.6) is 11.5 Å². The summed E-state index contributed by atoms with van der Waals surface area (Å²) in [5, 5.41) is 1.15. The molecular formula is C31H34N2O3. The monoisotopic (exact) mass is 482 g/mol. The van der Waals surface area contributed by atoms with Crippen molar-refractivity contribution < 1.29 is 14.3 Å². The average molecular weight is 483 g/mol. The molecule has 0 unspecified atom stereocenters. The summed E-state index contributed by atoms with van der Waals surface area (Å²) in [4.78, 5) is 19.1. The summed E-state index contributed by atoms with van der Waals surface area (Å²) in [7, 11) is 3.28. The maximum Gasteiger partial charge on any atom is 0.223 e. The van der Waals surface area contributed by atoms with Gasteiger partial charge in [0.15, 0.2) is 11.5 Å². The van der Waals surface area contributed by atoms with Crippen LogP contribution in [0.2, 0.25) is 0 Å². The van der Waals surface area contributed by atoms with Crippen LogP contribution in [0.15, 0.2) is 79.0 Å². The third kappa shape index (κ3) is 5.11. The van der Waals surface area contributed by atoms with E-state index in [0.717, 1.165) is 54.4 Å². The number of methoxy groups -OCH3 is 2. The van der Waals surface area contributed by atoms with Crippen LogP contribution in [0.3, 0.4) is 0 Å². The molecule has 36 heavy (non-hydrogen) atoms. The number of nitrogens with one attached hydrogen (secondary N) is 1. The van der Waals surface area contributed by atoms with Crippen molar-refractivity contribution in [1.29, 1.82) is 0 Å². The molecule has 0 radical (unpaired) electrons. The molecule has 1 fully saturated rings. The molecule has 186 valence electrons. The number of nitrogens with zero attached hydrogens (tertiary/aromatic N) is 1. The zero-order valence-electron chi connectivity index (χ0n) is 21.1. The number of hydrogen-bond acceptors (Lipinski definition) is 3. The molecule has 1 amide bonds. The first kappa shape index (κ1) is 24.0. The van der Waals surface area contributed by atoms with Crippen molar-refractivity contribution in [2.45, 2.75) is 31.6 Å². The van der Waals surface area contributed by atoms with Crippen molar-refractivity contribution in [2.24, 2.45) is 5.92 Å². The second kappa shape index (κ2) is 10.9. The number of H-pyrrole nitrogens is 1. The highest BCUT2D eigenvalue weighted by Crippen LogP contribution is 2.38. The number of hydrogen-bond donors (Lipinski definition) is 1. The topological polar surface area (TPSA) is 54.6 Å². The summed E-state index contributed by atoms with van der Waals surface area (Å²) in [6, 6.07) is 24.9. The van der Waals surface area contributed by atoms with E-state index in [9.17, 15) is 4.79 Å². The van der Waals surface area contributed by atoms with Crippen LogP contribution in [0.25, 0.3) is 10.9 Å². The van der Waals surface area contributed by atoms with Gasteiger partial charge in [-0.05, 0) is 60.1 Å². The van der Waals surface area contributed by atoms with Crippen LogP contribution < -0.4 is 9.47 Å². The number of ether oxygens (including phenoxy) is 2. The van der Waals surface area contributed by atoms with E-state index in [0.29, 0.717) is 23.8 Å². The second-order valence-corrected chi connectivity index (χ2v) is 9.67. The highest BCUT2D eigenvalue weighted by atomic mass is 16.5. The van der Waals surface area contributed by atoms with Gasteiger partial charge in [0.2, 0.25) is 5.91 Å². The number of carbonyl (C=O) groups is 1. The summed E-state index contributed by atoms with van der Waals surface area (Å²) in [6.45, 7) is 1.64. The standard InChI is InChI=1S/C31H34N2O3/c1-35-29-13-12-24(19-30(29)36-2)26(27-21-32-28-11-7-6-10-25(27)28)20-31(34)33-16-14-23(15-17-33)18-22-8-4-3-5-9-22/h3-13,19,21,23,26,32H,14-18,20H2,1-2H3/t26-/m0/s1.